The Kier molecular flexibility index (Phi) is 6.80. The molecule has 0 bridgehead atoms. The van der Waals surface area contributed by atoms with Crippen molar-refractivity contribution in [3.63, 3.8) is 0 Å². The number of hydrogen-bond acceptors (Lipinski definition) is 3. The van der Waals surface area contributed by atoms with Gasteiger partial charge in [-0.3, -0.25) is 9.59 Å². The monoisotopic (exact) mass is 243 g/mol. The van der Waals surface area contributed by atoms with Crippen molar-refractivity contribution in [3.8, 4) is 0 Å². The van der Waals surface area contributed by atoms with Crippen molar-refractivity contribution in [3.05, 3.63) is 0 Å². The number of carbonyl (C=O) groups excluding carboxylic acids is 2. The Labute approximate surface area is 104 Å². The van der Waals surface area contributed by atoms with Crippen LogP contribution in [0, 0.1) is 0 Å². The molecule has 100 valence electrons. The highest BCUT2D eigenvalue weighted by Crippen LogP contribution is 1.99. The molecule has 0 aromatic heterocycles. The first-order chi connectivity index (χ1) is 7.76. The van der Waals surface area contributed by atoms with Gasteiger partial charge in [0.15, 0.2) is 0 Å². The van der Waals surface area contributed by atoms with Gasteiger partial charge in [-0.2, -0.15) is 0 Å². The van der Waals surface area contributed by atoms with E-state index in [4.69, 9.17) is 0 Å². The van der Waals surface area contributed by atoms with Crippen LogP contribution in [-0.2, 0) is 9.59 Å². The first-order valence-electron chi connectivity index (χ1n) is 5.96. The molecule has 0 fully saturated rings. The summed E-state index contributed by atoms with van der Waals surface area (Å²) in [7, 11) is 3.51. The van der Waals surface area contributed by atoms with Gasteiger partial charge in [0, 0.05) is 19.0 Å². The van der Waals surface area contributed by atoms with Crippen LogP contribution in [0.4, 0.5) is 0 Å². The molecular formula is C12H25N3O2. The van der Waals surface area contributed by atoms with Crippen LogP contribution < -0.4 is 10.6 Å². The Hall–Kier alpha value is -1.10. The van der Waals surface area contributed by atoms with Crippen molar-refractivity contribution in [1.29, 1.82) is 0 Å². The molecule has 5 nitrogen and oxygen atoms in total. The maximum Gasteiger partial charge on any atom is 0.240 e. The first-order valence-corrected chi connectivity index (χ1v) is 5.96. The van der Waals surface area contributed by atoms with Crippen LogP contribution in [0.25, 0.3) is 0 Å². The van der Waals surface area contributed by atoms with Gasteiger partial charge in [0.1, 0.15) is 0 Å². The number of hydrogen-bond donors (Lipinski definition) is 2. The third-order valence-electron chi connectivity index (χ3n) is 2.14. The summed E-state index contributed by atoms with van der Waals surface area (Å²) in [4.78, 5) is 24.7. The van der Waals surface area contributed by atoms with Gasteiger partial charge < -0.3 is 15.5 Å². The van der Waals surface area contributed by atoms with E-state index in [-0.39, 0.29) is 23.9 Å². The molecule has 0 saturated heterocycles. The molecule has 0 spiro atoms. The molecule has 0 aliphatic heterocycles. The first kappa shape index (κ1) is 15.9. The lowest BCUT2D eigenvalue weighted by molar-refractivity contribution is -0.135. The fourth-order valence-corrected chi connectivity index (χ4v) is 1.37. The van der Waals surface area contributed by atoms with Gasteiger partial charge in [0.25, 0.3) is 0 Å². The normalized spacial score (nSPS) is 11.1. The van der Waals surface area contributed by atoms with E-state index < -0.39 is 0 Å². The zero-order valence-electron chi connectivity index (χ0n) is 11.6. The zero-order valence-corrected chi connectivity index (χ0v) is 11.6. The van der Waals surface area contributed by atoms with E-state index in [1.165, 1.54) is 4.90 Å². The lowest BCUT2D eigenvalue weighted by atomic mass is 10.1. The molecule has 0 aromatic rings. The van der Waals surface area contributed by atoms with Gasteiger partial charge in [-0.05, 0) is 40.8 Å². The molecule has 2 amide bonds. The van der Waals surface area contributed by atoms with Crippen LogP contribution in [0.5, 0.6) is 0 Å². The highest BCUT2D eigenvalue weighted by atomic mass is 16.2. The van der Waals surface area contributed by atoms with Crippen molar-refractivity contribution < 1.29 is 9.59 Å². The van der Waals surface area contributed by atoms with Crippen LogP contribution in [0.1, 0.15) is 33.6 Å². The van der Waals surface area contributed by atoms with Crippen LogP contribution in [0.2, 0.25) is 0 Å². The molecule has 0 atom stereocenters. The zero-order chi connectivity index (χ0) is 13.5. The predicted octanol–water partition coefficient (Wildman–Crippen LogP) is 0.359. The lowest BCUT2D eigenvalue weighted by Crippen LogP contribution is -2.46. The van der Waals surface area contributed by atoms with Gasteiger partial charge in [-0.1, -0.05) is 0 Å². The van der Waals surface area contributed by atoms with E-state index >= 15 is 0 Å². The molecule has 0 saturated carbocycles. The summed E-state index contributed by atoms with van der Waals surface area (Å²) in [5, 5.41) is 5.81. The van der Waals surface area contributed by atoms with Gasteiger partial charge in [0.2, 0.25) is 11.8 Å². The number of amides is 2. The second-order valence-corrected chi connectivity index (χ2v) is 5.26. The molecule has 5 heteroatoms. The minimum Gasteiger partial charge on any atom is -0.350 e. The Morgan fingerprint density at radius 2 is 1.82 bits per heavy atom. The minimum absolute atomic E-state index is 0.00399. The van der Waals surface area contributed by atoms with Crippen LogP contribution in [0.3, 0.4) is 0 Å². The Morgan fingerprint density at radius 3 is 2.29 bits per heavy atom. The van der Waals surface area contributed by atoms with Gasteiger partial charge >= 0.3 is 0 Å². The fraction of sp³-hybridized carbons (Fsp3) is 0.833. The molecule has 17 heavy (non-hydrogen) atoms. The number of likely N-dealkylation sites (N-methyl/N-ethyl adjacent to an activating group) is 1. The maximum atomic E-state index is 11.6. The largest absolute Gasteiger partial charge is 0.350 e. The van der Waals surface area contributed by atoms with Crippen molar-refractivity contribution >= 4 is 11.8 Å². The van der Waals surface area contributed by atoms with Gasteiger partial charge in [-0.25, -0.2) is 0 Å². The number of carbonyl (C=O) groups is 2. The lowest BCUT2D eigenvalue weighted by Gasteiger charge is -2.23. The average Bonchev–Trinajstić information content (AvgIpc) is 2.14. The van der Waals surface area contributed by atoms with E-state index in [9.17, 15) is 9.59 Å². The van der Waals surface area contributed by atoms with Crippen molar-refractivity contribution in [2.24, 2.45) is 0 Å². The number of nitrogens with one attached hydrogen (secondary N) is 2. The smallest absolute Gasteiger partial charge is 0.240 e. The summed E-state index contributed by atoms with van der Waals surface area (Å²) in [5.74, 6) is -0.119. The molecule has 0 radical (unpaired) electrons. The summed E-state index contributed by atoms with van der Waals surface area (Å²) >= 11 is 0. The van der Waals surface area contributed by atoms with Crippen LogP contribution >= 0.6 is 0 Å². The molecule has 2 N–H and O–H groups in total. The van der Waals surface area contributed by atoms with E-state index in [0.29, 0.717) is 6.42 Å². The second kappa shape index (κ2) is 7.27. The maximum absolute atomic E-state index is 11.6. The molecule has 0 aliphatic rings. The third kappa shape index (κ3) is 8.68. The van der Waals surface area contributed by atoms with Crippen molar-refractivity contribution in [2.45, 2.75) is 39.2 Å². The molecular weight excluding hydrogens is 218 g/mol. The Morgan fingerprint density at radius 1 is 1.24 bits per heavy atom. The summed E-state index contributed by atoms with van der Waals surface area (Å²) in [6.45, 7) is 6.68. The topological polar surface area (TPSA) is 61.4 Å². The van der Waals surface area contributed by atoms with E-state index in [1.54, 1.807) is 7.05 Å². The average molecular weight is 243 g/mol. The number of nitrogens with zero attached hydrogens (tertiary/aromatic N) is 1. The van der Waals surface area contributed by atoms with Crippen LogP contribution in [0.15, 0.2) is 0 Å². The summed E-state index contributed by atoms with van der Waals surface area (Å²) in [5.41, 5.74) is -0.257. The SMILES string of the molecule is CNCCCC(=O)N(C)CC(=O)NC(C)(C)C. The van der Waals surface area contributed by atoms with E-state index in [0.717, 1.165) is 13.0 Å². The standard InChI is InChI=1S/C12H25N3O2/c1-12(2,3)14-10(16)9-15(5)11(17)7-6-8-13-4/h13H,6-9H2,1-5H3,(H,14,16). The predicted molar refractivity (Wildman–Crippen MR) is 68.7 cm³/mol. The van der Waals surface area contributed by atoms with Gasteiger partial charge in [0.05, 0.1) is 6.54 Å². The molecule has 0 rings (SSSR count). The highest BCUT2D eigenvalue weighted by molar-refractivity contribution is 5.84. The summed E-state index contributed by atoms with van der Waals surface area (Å²) in [6, 6.07) is 0. The Bertz CT molecular complexity index is 259. The molecule has 0 unspecified atom stereocenters. The highest BCUT2D eigenvalue weighted by Gasteiger charge is 2.17. The van der Waals surface area contributed by atoms with Gasteiger partial charge in [-0.15, -0.1) is 0 Å². The molecule has 0 heterocycles. The van der Waals surface area contributed by atoms with E-state index in [1.807, 2.05) is 27.8 Å². The molecule has 0 aromatic carbocycles. The van der Waals surface area contributed by atoms with Crippen molar-refractivity contribution in [1.82, 2.24) is 15.5 Å². The van der Waals surface area contributed by atoms with Crippen LogP contribution in [-0.4, -0.2) is 49.4 Å². The van der Waals surface area contributed by atoms with Crippen molar-refractivity contribution in [2.75, 3.05) is 27.2 Å². The second-order valence-electron chi connectivity index (χ2n) is 5.26. The minimum atomic E-state index is -0.257. The van der Waals surface area contributed by atoms with E-state index in [2.05, 4.69) is 10.6 Å². The molecule has 0 aliphatic carbocycles. The number of rotatable bonds is 6. The Balaban J connectivity index is 3.95. The quantitative estimate of drug-likeness (QED) is 0.662. The fourth-order valence-electron chi connectivity index (χ4n) is 1.37. The summed E-state index contributed by atoms with van der Waals surface area (Å²) in [6.07, 6.45) is 1.26. The third-order valence-corrected chi connectivity index (χ3v) is 2.14. The summed E-state index contributed by atoms with van der Waals surface area (Å²) < 4.78 is 0.